The van der Waals surface area contributed by atoms with Crippen LogP contribution in [0, 0.1) is 0 Å². The Bertz CT molecular complexity index is 1410. The maximum atomic E-state index is 12.3. The van der Waals surface area contributed by atoms with Crippen LogP contribution in [0.1, 0.15) is 34.3 Å². The van der Waals surface area contributed by atoms with Gasteiger partial charge in [0.05, 0.1) is 23.4 Å². The SMILES string of the molecule is CC(C(=O)OCC(=O)OCc1ccccc1)c1ccc(OC(=O)c2ccc(N=C(N)N)cc2)cc1.CS(=O)(=O)O. The van der Waals surface area contributed by atoms with Crippen molar-refractivity contribution in [2.75, 3.05) is 12.9 Å². The fourth-order valence-corrected chi connectivity index (χ4v) is 2.98. The van der Waals surface area contributed by atoms with Crippen molar-refractivity contribution in [3.8, 4) is 5.75 Å². The normalized spacial score (nSPS) is 11.2. The summed E-state index contributed by atoms with van der Waals surface area (Å²) in [6, 6.07) is 21.9. The van der Waals surface area contributed by atoms with E-state index in [4.69, 9.17) is 30.2 Å². The molecule has 1 unspecified atom stereocenters. The zero-order valence-electron chi connectivity index (χ0n) is 21.7. The standard InChI is InChI=1S/C26H25N3O6.CH4O3S/c1-17(24(31)34-16-23(30)33-15-18-5-3-2-4-6-18)19-9-13-22(14-10-19)35-25(32)20-7-11-21(12-8-20)29-26(27)28;1-5(2,3)4/h2-14,17H,15-16H2,1H3,(H4,27,28,29);1H3,(H,2,3,4). The number of rotatable bonds is 9. The highest BCUT2D eigenvalue weighted by atomic mass is 32.2. The molecule has 0 saturated carbocycles. The Hall–Kier alpha value is -4.75. The highest BCUT2D eigenvalue weighted by Crippen LogP contribution is 2.22. The zero-order valence-corrected chi connectivity index (χ0v) is 22.5. The lowest BCUT2D eigenvalue weighted by molar-refractivity contribution is -0.160. The van der Waals surface area contributed by atoms with Gasteiger partial charge in [-0.25, -0.2) is 14.6 Å². The van der Waals surface area contributed by atoms with Crippen LogP contribution >= 0.6 is 0 Å². The van der Waals surface area contributed by atoms with Crippen molar-refractivity contribution in [3.05, 3.63) is 95.6 Å². The molecule has 0 aliphatic heterocycles. The molecule has 0 aliphatic rings. The van der Waals surface area contributed by atoms with Gasteiger partial charge in [0.1, 0.15) is 12.4 Å². The number of hydrogen-bond acceptors (Lipinski definition) is 9. The number of benzene rings is 3. The minimum atomic E-state index is -3.67. The zero-order chi connectivity index (χ0) is 29.7. The van der Waals surface area contributed by atoms with Gasteiger partial charge in [-0.15, -0.1) is 0 Å². The average Bonchev–Trinajstić information content (AvgIpc) is 2.90. The van der Waals surface area contributed by atoms with Crippen molar-refractivity contribution < 1.29 is 41.6 Å². The molecule has 0 amide bonds. The first-order chi connectivity index (χ1) is 18.8. The summed E-state index contributed by atoms with van der Waals surface area (Å²) >= 11 is 0. The summed E-state index contributed by atoms with van der Waals surface area (Å²) in [5.74, 6) is -2.19. The predicted octanol–water partition coefficient (Wildman–Crippen LogP) is 2.70. The molecular weight excluding hydrogens is 542 g/mol. The third-order valence-electron chi connectivity index (χ3n) is 4.88. The molecule has 0 bridgehead atoms. The van der Waals surface area contributed by atoms with E-state index in [0.717, 1.165) is 5.56 Å². The van der Waals surface area contributed by atoms with Crippen LogP contribution in [0.25, 0.3) is 0 Å². The van der Waals surface area contributed by atoms with Gasteiger partial charge in [0.25, 0.3) is 10.1 Å². The molecule has 0 fully saturated rings. The van der Waals surface area contributed by atoms with Crippen LogP contribution in [0.3, 0.4) is 0 Å². The number of guanidine groups is 1. The van der Waals surface area contributed by atoms with Crippen LogP contribution in [-0.4, -0.2) is 49.7 Å². The Balaban J connectivity index is 0.00000103. The van der Waals surface area contributed by atoms with E-state index in [2.05, 4.69) is 4.99 Å². The van der Waals surface area contributed by atoms with Crippen molar-refractivity contribution in [3.63, 3.8) is 0 Å². The summed E-state index contributed by atoms with van der Waals surface area (Å²) in [4.78, 5) is 40.4. The molecule has 212 valence electrons. The van der Waals surface area contributed by atoms with Gasteiger partial charge in [0.2, 0.25) is 0 Å². The van der Waals surface area contributed by atoms with Crippen LogP contribution < -0.4 is 16.2 Å². The summed E-state index contributed by atoms with van der Waals surface area (Å²) in [5.41, 5.74) is 13.0. The van der Waals surface area contributed by atoms with Crippen LogP contribution in [0.4, 0.5) is 5.69 Å². The summed E-state index contributed by atoms with van der Waals surface area (Å²) in [6.45, 7) is 1.28. The van der Waals surface area contributed by atoms with Gasteiger partial charge < -0.3 is 25.7 Å². The van der Waals surface area contributed by atoms with Gasteiger partial charge in [-0.2, -0.15) is 8.42 Å². The van der Waals surface area contributed by atoms with Gasteiger partial charge in [0, 0.05) is 0 Å². The highest BCUT2D eigenvalue weighted by molar-refractivity contribution is 7.85. The molecule has 3 aromatic carbocycles. The van der Waals surface area contributed by atoms with Crippen LogP contribution in [0.5, 0.6) is 5.75 Å². The van der Waals surface area contributed by atoms with Crippen LogP contribution in [-0.2, 0) is 35.8 Å². The Labute approximate surface area is 231 Å². The predicted molar refractivity (Wildman–Crippen MR) is 146 cm³/mol. The summed E-state index contributed by atoms with van der Waals surface area (Å²) < 4.78 is 41.4. The number of carbonyl (C=O) groups is 3. The number of esters is 3. The molecule has 3 rings (SSSR count). The lowest BCUT2D eigenvalue weighted by Gasteiger charge is -2.12. The third kappa shape index (κ3) is 12.2. The Kier molecular flexibility index (Phi) is 11.8. The molecule has 12 nitrogen and oxygen atoms in total. The molecule has 13 heteroatoms. The fraction of sp³-hybridized carbons (Fsp3) is 0.185. The van der Waals surface area contributed by atoms with Crippen molar-refractivity contribution in [2.24, 2.45) is 16.5 Å². The second kappa shape index (κ2) is 15.0. The first-order valence-electron chi connectivity index (χ1n) is 11.6. The fourth-order valence-electron chi connectivity index (χ4n) is 2.98. The monoisotopic (exact) mass is 571 g/mol. The Morgan fingerprint density at radius 1 is 0.900 bits per heavy atom. The van der Waals surface area contributed by atoms with E-state index in [1.54, 1.807) is 55.5 Å². The second-order valence-corrected chi connectivity index (χ2v) is 9.72. The molecule has 0 saturated heterocycles. The topological polar surface area (TPSA) is 198 Å². The van der Waals surface area contributed by atoms with Crippen molar-refractivity contribution in [2.45, 2.75) is 19.4 Å². The van der Waals surface area contributed by atoms with E-state index >= 15 is 0 Å². The molecule has 0 aliphatic carbocycles. The molecule has 0 spiro atoms. The number of nitrogens with two attached hydrogens (primary N) is 2. The lowest BCUT2D eigenvalue weighted by atomic mass is 10.0. The Morgan fingerprint density at radius 3 is 2.02 bits per heavy atom. The van der Waals surface area contributed by atoms with Gasteiger partial charge in [0.15, 0.2) is 12.6 Å². The minimum absolute atomic E-state index is 0.0819. The van der Waals surface area contributed by atoms with E-state index in [9.17, 15) is 22.8 Å². The lowest BCUT2D eigenvalue weighted by Crippen LogP contribution is -2.21. The van der Waals surface area contributed by atoms with E-state index in [-0.39, 0.29) is 12.6 Å². The van der Waals surface area contributed by atoms with Crippen LogP contribution in [0.2, 0.25) is 0 Å². The number of ether oxygens (including phenoxy) is 3. The Morgan fingerprint density at radius 2 is 1.48 bits per heavy atom. The maximum Gasteiger partial charge on any atom is 0.344 e. The molecular formula is C27H29N3O9S. The molecule has 0 heterocycles. The van der Waals surface area contributed by atoms with Crippen molar-refractivity contribution in [1.29, 1.82) is 0 Å². The molecule has 1 atom stereocenters. The van der Waals surface area contributed by atoms with Gasteiger partial charge in [-0.05, 0) is 54.4 Å². The number of carbonyl (C=O) groups excluding carboxylic acids is 3. The first-order valence-corrected chi connectivity index (χ1v) is 13.5. The van der Waals surface area contributed by atoms with Gasteiger partial charge in [-0.3, -0.25) is 9.35 Å². The van der Waals surface area contributed by atoms with E-state index in [0.29, 0.717) is 28.8 Å². The quantitative estimate of drug-likeness (QED) is 0.112. The molecule has 40 heavy (non-hydrogen) atoms. The molecule has 0 aromatic heterocycles. The van der Waals surface area contributed by atoms with Crippen LogP contribution in [0.15, 0.2) is 83.9 Å². The first kappa shape index (κ1) is 31.5. The number of nitrogens with zero attached hydrogens (tertiary/aromatic N) is 1. The molecule has 5 N–H and O–H groups in total. The van der Waals surface area contributed by atoms with Gasteiger partial charge >= 0.3 is 17.9 Å². The summed E-state index contributed by atoms with van der Waals surface area (Å²) in [7, 11) is -3.67. The minimum Gasteiger partial charge on any atom is -0.458 e. The van der Waals surface area contributed by atoms with Crippen molar-refractivity contribution in [1.82, 2.24) is 0 Å². The maximum absolute atomic E-state index is 12.3. The third-order valence-corrected chi connectivity index (χ3v) is 4.88. The average molecular weight is 572 g/mol. The smallest absolute Gasteiger partial charge is 0.344 e. The summed E-state index contributed by atoms with van der Waals surface area (Å²) in [5, 5.41) is 0. The van der Waals surface area contributed by atoms with Gasteiger partial charge in [-0.1, -0.05) is 42.5 Å². The molecule has 0 radical (unpaired) electrons. The highest BCUT2D eigenvalue weighted by Gasteiger charge is 2.19. The number of hydrogen-bond donors (Lipinski definition) is 3. The summed E-state index contributed by atoms with van der Waals surface area (Å²) in [6.07, 6.45) is 0.715. The number of aliphatic imine (C=N–C) groups is 1. The second-order valence-electron chi connectivity index (χ2n) is 8.25. The van der Waals surface area contributed by atoms with Crippen molar-refractivity contribution >= 4 is 39.7 Å². The molecule has 3 aromatic rings. The van der Waals surface area contributed by atoms with E-state index < -0.39 is 40.6 Å². The largest absolute Gasteiger partial charge is 0.458 e. The van der Waals surface area contributed by atoms with E-state index in [1.165, 1.54) is 0 Å². The van der Waals surface area contributed by atoms with E-state index in [1.807, 2.05) is 30.3 Å².